The number of amides is 3. The van der Waals surface area contributed by atoms with Crippen LogP contribution in [0.1, 0.15) is 16.1 Å². The molecular weight excluding hydrogens is 456 g/mol. The van der Waals surface area contributed by atoms with Gasteiger partial charge in [-0.1, -0.05) is 0 Å². The molecule has 3 heterocycles. The predicted molar refractivity (Wildman–Crippen MR) is 100 cm³/mol. The minimum Gasteiger partial charge on any atom is -0.490 e. The number of aromatic hydroxyl groups is 1. The summed E-state index contributed by atoms with van der Waals surface area (Å²) >= 11 is 1.03. The number of nitrogens with one attached hydrogen (secondary N) is 1. The van der Waals surface area contributed by atoms with Crippen molar-refractivity contribution in [2.45, 2.75) is 17.5 Å². The lowest BCUT2D eigenvalue weighted by molar-refractivity contribution is -0.192. The molecule has 1 fully saturated rings. The van der Waals surface area contributed by atoms with Crippen molar-refractivity contribution in [2.75, 3.05) is 19.5 Å². The molecule has 0 radical (unpaired) electrons. The van der Waals surface area contributed by atoms with Crippen LogP contribution in [0.15, 0.2) is 15.8 Å². The fourth-order valence-electron chi connectivity index (χ4n) is 3.26. The van der Waals surface area contributed by atoms with Gasteiger partial charge < -0.3 is 40.4 Å². The maximum atomic E-state index is 12.9. The number of hydrogen-bond acceptors (Lipinski definition) is 11. The quantitative estimate of drug-likeness (QED) is 0.213. The Hall–Kier alpha value is -3.79. The molecule has 6 N–H and O–H groups in total. The summed E-state index contributed by atoms with van der Waals surface area (Å²) in [5.41, 5.74) is 1.91. The number of aliphatic carboxylic acids is 1. The SMILES string of the molecule is CO[C@@]1(NC(=O)Cc2onc(O)c2C(=O)O)C(=O)N2C(C(=O)O)=C(COC(N)=O)CS[C@H]21. The largest absolute Gasteiger partial charge is 0.490 e. The lowest BCUT2D eigenvalue weighted by Crippen LogP contribution is -2.80. The van der Waals surface area contributed by atoms with Crippen molar-refractivity contribution in [3.8, 4) is 5.88 Å². The number of carbonyl (C=O) groups excluding carboxylic acids is 3. The van der Waals surface area contributed by atoms with Crippen molar-refractivity contribution in [1.29, 1.82) is 0 Å². The number of thioether (sulfide) groups is 1. The van der Waals surface area contributed by atoms with E-state index < -0.39 is 76.9 Å². The number of fused-ring (bicyclic) bond motifs is 1. The van der Waals surface area contributed by atoms with E-state index >= 15 is 0 Å². The summed E-state index contributed by atoms with van der Waals surface area (Å²) in [5.74, 6) is -6.24. The maximum absolute atomic E-state index is 12.9. The minimum atomic E-state index is -1.95. The molecule has 0 bridgehead atoms. The molecule has 0 unspecified atom stereocenters. The van der Waals surface area contributed by atoms with E-state index in [2.05, 4.69) is 19.7 Å². The number of rotatable bonds is 8. The first kappa shape index (κ1) is 22.9. The molecule has 0 spiro atoms. The minimum absolute atomic E-state index is 0.0173. The van der Waals surface area contributed by atoms with Crippen LogP contribution in [-0.4, -0.2) is 85.8 Å². The van der Waals surface area contributed by atoms with E-state index in [4.69, 9.17) is 15.6 Å². The Labute approximate surface area is 182 Å². The summed E-state index contributed by atoms with van der Waals surface area (Å²) in [4.78, 5) is 60.0. The van der Waals surface area contributed by atoms with Crippen molar-refractivity contribution in [3.05, 3.63) is 22.6 Å². The molecule has 0 aliphatic carbocycles. The molecule has 1 aromatic rings. The average molecular weight is 472 g/mol. The zero-order valence-electron chi connectivity index (χ0n) is 16.2. The molecule has 172 valence electrons. The van der Waals surface area contributed by atoms with E-state index in [1.807, 2.05) is 0 Å². The first-order valence-electron chi connectivity index (χ1n) is 8.63. The number of ether oxygens (including phenoxy) is 2. The van der Waals surface area contributed by atoms with E-state index in [0.29, 0.717) is 0 Å². The highest BCUT2D eigenvalue weighted by atomic mass is 32.2. The fourth-order valence-corrected chi connectivity index (χ4v) is 4.68. The Bertz CT molecular complexity index is 1050. The molecular formula is C16H16N4O11S. The second kappa shape index (κ2) is 8.39. The number of aromatic nitrogens is 1. The van der Waals surface area contributed by atoms with Crippen LogP contribution < -0.4 is 11.1 Å². The molecule has 3 rings (SSSR count). The van der Waals surface area contributed by atoms with Gasteiger partial charge in [-0.15, -0.1) is 11.8 Å². The molecule has 0 aromatic carbocycles. The number of β-lactam (4-membered cyclic amide) rings is 1. The van der Waals surface area contributed by atoms with Crippen molar-refractivity contribution in [3.63, 3.8) is 0 Å². The summed E-state index contributed by atoms with van der Waals surface area (Å²) in [6, 6.07) is 0. The van der Waals surface area contributed by atoms with E-state index in [-0.39, 0.29) is 11.3 Å². The van der Waals surface area contributed by atoms with Gasteiger partial charge >= 0.3 is 18.0 Å². The number of carbonyl (C=O) groups is 5. The Kier molecular flexibility index (Phi) is 6.00. The van der Waals surface area contributed by atoms with Crippen LogP contribution >= 0.6 is 11.8 Å². The third-order valence-electron chi connectivity index (χ3n) is 4.63. The van der Waals surface area contributed by atoms with Gasteiger partial charge in [-0.25, -0.2) is 14.4 Å². The number of aromatic carboxylic acids is 1. The van der Waals surface area contributed by atoms with E-state index in [0.717, 1.165) is 23.8 Å². The zero-order chi connectivity index (χ0) is 23.8. The van der Waals surface area contributed by atoms with Crippen molar-refractivity contribution < 1.29 is 53.3 Å². The monoisotopic (exact) mass is 472 g/mol. The van der Waals surface area contributed by atoms with Crippen LogP contribution in [0, 0.1) is 0 Å². The van der Waals surface area contributed by atoms with Gasteiger partial charge in [0.15, 0.2) is 11.3 Å². The third kappa shape index (κ3) is 3.69. The van der Waals surface area contributed by atoms with Gasteiger partial charge in [0.2, 0.25) is 5.91 Å². The number of carboxylic acid groups (broad SMARTS) is 2. The van der Waals surface area contributed by atoms with E-state index in [1.54, 1.807) is 0 Å². The number of nitrogens with two attached hydrogens (primary N) is 1. The van der Waals surface area contributed by atoms with Crippen LogP contribution in [0.3, 0.4) is 0 Å². The van der Waals surface area contributed by atoms with Crippen molar-refractivity contribution in [2.24, 2.45) is 5.73 Å². The number of primary amides is 1. The molecule has 16 heteroatoms. The Morgan fingerprint density at radius 1 is 1.34 bits per heavy atom. The maximum Gasteiger partial charge on any atom is 0.404 e. The van der Waals surface area contributed by atoms with Crippen molar-refractivity contribution in [1.82, 2.24) is 15.4 Å². The second-order valence-electron chi connectivity index (χ2n) is 6.48. The molecule has 1 saturated heterocycles. The van der Waals surface area contributed by atoms with Gasteiger partial charge in [0.05, 0.1) is 6.42 Å². The number of carboxylic acids is 2. The summed E-state index contributed by atoms with van der Waals surface area (Å²) in [5, 5.41) is 32.5. The highest BCUT2D eigenvalue weighted by Crippen LogP contribution is 2.46. The highest BCUT2D eigenvalue weighted by molar-refractivity contribution is 8.00. The standard InChI is InChI=1S/C16H16N4O11S/c1-29-16(18-7(21)2-6-8(11(23)24)10(22)19-31-6)13(27)20-9(12(25)26)5(3-30-15(17)28)4-32-14(16)20/h14H,2-4H2,1H3,(H2,17,28)(H,18,21)(H,19,22)(H,23,24)(H,25,26)/t14-,16-/m0/s1. The van der Waals surface area contributed by atoms with E-state index in [9.17, 15) is 34.2 Å². The molecule has 2 aliphatic heterocycles. The van der Waals surface area contributed by atoms with Gasteiger partial charge in [-0.2, -0.15) is 0 Å². The first-order chi connectivity index (χ1) is 15.0. The molecule has 1 aromatic heterocycles. The normalized spacial score (nSPS) is 22.1. The van der Waals surface area contributed by atoms with Gasteiger partial charge in [0.25, 0.3) is 17.5 Å². The molecule has 3 amide bonds. The molecule has 32 heavy (non-hydrogen) atoms. The second-order valence-corrected chi connectivity index (χ2v) is 7.55. The van der Waals surface area contributed by atoms with Gasteiger partial charge in [-0.05, 0) is 5.16 Å². The predicted octanol–water partition coefficient (Wildman–Crippen LogP) is -1.57. The van der Waals surface area contributed by atoms with Crippen LogP contribution in [0.4, 0.5) is 4.79 Å². The summed E-state index contributed by atoms with van der Waals surface area (Å²) in [6.45, 7) is -0.445. The summed E-state index contributed by atoms with van der Waals surface area (Å²) < 4.78 is 14.5. The van der Waals surface area contributed by atoms with Crippen molar-refractivity contribution >= 4 is 41.6 Å². The van der Waals surface area contributed by atoms with Gasteiger partial charge in [0, 0.05) is 18.4 Å². The first-order valence-corrected chi connectivity index (χ1v) is 9.68. The van der Waals surface area contributed by atoms with Crippen LogP contribution in [0.2, 0.25) is 0 Å². The smallest absolute Gasteiger partial charge is 0.404 e. The Morgan fingerprint density at radius 3 is 2.59 bits per heavy atom. The van der Waals surface area contributed by atoms with Gasteiger partial charge in [0.1, 0.15) is 17.7 Å². The third-order valence-corrected chi connectivity index (χ3v) is 6.00. The zero-order valence-corrected chi connectivity index (χ0v) is 17.0. The average Bonchev–Trinajstić information content (AvgIpc) is 3.09. The van der Waals surface area contributed by atoms with Gasteiger partial charge in [-0.3, -0.25) is 14.5 Å². The molecule has 15 nitrogen and oxygen atoms in total. The molecule has 0 saturated carbocycles. The number of nitrogens with zero attached hydrogens (tertiary/aromatic N) is 2. The topological polar surface area (TPSA) is 232 Å². The Morgan fingerprint density at radius 2 is 2.03 bits per heavy atom. The molecule has 2 aliphatic rings. The highest BCUT2D eigenvalue weighted by Gasteiger charge is 2.66. The number of methoxy groups -OCH3 is 1. The van der Waals surface area contributed by atoms with Crippen LogP contribution in [0.5, 0.6) is 5.88 Å². The van der Waals surface area contributed by atoms with Crippen LogP contribution in [-0.2, 0) is 30.3 Å². The fraction of sp³-hybridized carbons (Fsp3) is 0.375. The van der Waals surface area contributed by atoms with E-state index in [1.165, 1.54) is 0 Å². The lowest BCUT2D eigenvalue weighted by Gasteiger charge is -2.55. The Balaban J connectivity index is 1.82. The lowest BCUT2D eigenvalue weighted by atomic mass is 9.98. The van der Waals surface area contributed by atoms with Crippen LogP contribution in [0.25, 0.3) is 0 Å². The number of hydrogen-bond donors (Lipinski definition) is 5. The molecule has 2 atom stereocenters. The summed E-state index contributed by atoms with van der Waals surface area (Å²) in [6.07, 6.45) is -1.83. The summed E-state index contributed by atoms with van der Waals surface area (Å²) in [7, 11) is 1.12.